The molecule has 0 bridgehead atoms. The van der Waals surface area contributed by atoms with Gasteiger partial charge in [0.2, 0.25) is 5.91 Å². The minimum absolute atomic E-state index is 0.0217. The van der Waals surface area contributed by atoms with Crippen molar-refractivity contribution in [3.05, 3.63) is 64.9 Å². The Bertz CT molecular complexity index is 958. The van der Waals surface area contributed by atoms with Crippen molar-refractivity contribution >= 4 is 39.6 Å². The summed E-state index contributed by atoms with van der Waals surface area (Å²) < 4.78 is 0. The number of nitrogens with zero attached hydrogens (tertiary/aromatic N) is 2. The van der Waals surface area contributed by atoms with Crippen LogP contribution in [0.1, 0.15) is 16.1 Å². The molecule has 0 aliphatic carbocycles. The first-order chi connectivity index (χ1) is 13.7. The Labute approximate surface area is 168 Å². The molecule has 1 aliphatic heterocycles. The molecule has 2 amide bonds. The number of rotatable bonds is 5. The molecule has 1 N–H and O–H groups in total. The fraction of sp³-hybridized carbons (Fsp3) is 0.273. The number of hydrogen-bond donors (Lipinski definition) is 1. The average molecular weight is 394 g/mol. The van der Waals surface area contributed by atoms with Crippen LogP contribution in [0.15, 0.2) is 60.0 Å². The average Bonchev–Trinajstić information content (AvgIpc) is 3.27. The van der Waals surface area contributed by atoms with E-state index in [-0.39, 0.29) is 11.8 Å². The van der Waals surface area contributed by atoms with Gasteiger partial charge in [-0.2, -0.15) is 0 Å². The Morgan fingerprint density at radius 1 is 0.929 bits per heavy atom. The van der Waals surface area contributed by atoms with Gasteiger partial charge in [-0.1, -0.05) is 42.5 Å². The van der Waals surface area contributed by atoms with Crippen LogP contribution >= 0.6 is 11.3 Å². The van der Waals surface area contributed by atoms with E-state index >= 15 is 0 Å². The van der Waals surface area contributed by atoms with Crippen molar-refractivity contribution in [3.63, 3.8) is 0 Å². The van der Waals surface area contributed by atoms with Crippen LogP contribution < -0.4 is 5.32 Å². The maximum absolute atomic E-state index is 12.4. The third kappa shape index (κ3) is 4.24. The normalized spacial score (nSPS) is 14.9. The lowest BCUT2D eigenvalue weighted by Gasteiger charge is -2.34. The van der Waals surface area contributed by atoms with Crippen molar-refractivity contribution < 1.29 is 9.59 Å². The molecule has 1 saturated heterocycles. The first kappa shape index (κ1) is 18.7. The number of hydrogen-bond acceptors (Lipinski definition) is 4. The number of nitrogens with one attached hydrogen (secondary N) is 1. The summed E-state index contributed by atoms with van der Waals surface area (Å²) in [5, 5.41) is 7.14. The topological polar surface area (TPSA) is 52.7 Å². The van der Waals surface area contributed by atoms with Gasteiger partial charge in [0.25, 0.3) is 5.91 Å². The van der Waals surface area contributed by atoms with Crippen molar-refractivity contribution in [2.24, 2.45) is 0 Å². The van der Waals surface area contributed by atoms with E-state index in [9.17, 15) is 9.59 Å². The second-order valence-corrected chi connectivity index (χ2v) is 7.88. The van der Waals surface area contributed by atoms with Crippen molar-refractivity contribution in [1.82, 2.24) is 9.80 Å². The molecule has 0 atom stereocenters. The second-order valence-electron chi connectivity index (χ2n) is 6.94. The van der Waals surface area contributed by atoms with Gasteiger partial charge >= 0.3 is 0 Å². The zero-order chi connectivity index (χ0) is 19.3. The Morgan fingerprint density at radius 2 is 1.71 bits per heavy atom. The molecule has 0 unspecified atom stereocenters. The van der Waals surface area contributed by atoms with Crippen LogP contribution in [0.3, 0.4) is 0 Å². The molecule has 2 aromatic carbocycles. The SMILES string of the molecule is O=C(CCN1CCN(C(=O)c2cccs2)CC1)Nc1cccc2ccccc12. The lowest BCUT2D eigenvalue weighted by atomic mass is 10.1. The number of fused-ring (bicyclic) bond motifs is 1. The van der Waals surface area contributed by atoms with Gasteiger partial charge in [-0.3, -0.25) is 14.5 Å². The molecule has 2 heterocycles. The Morgan fingerprint density at radius 3 is 2.50 bits per heavy atom. The minimum Gasteiger partial charge on any atom is -0.335 e. The Hall–Kier alpha value is -2.70. The standard InChI is InChI=1S/C22H23N3O2S/c26-21(23-19-8-3-6-17-5-1-2-7-18(17)19)10-11-24-12-14-25(15-13-24)22(27)20-9-4-16-28-20/h1-9,16H,10-15H2,(H,23,26). The highest BCUT2D eigenvalue weighted by Gasteiger charge is 2.22. The van der Waals surface area contributed by atoms with Crippen molar-refractivity contribution in [2.75, 3.05) is 38.0 Å². The van der Waals surface area contributed by atoms with Crippen LogP contribution in [0.4, 0.5) is 5.69 Å². The summed E-state index contributed by atoms with van der Waals surface area (Å²) in [5.74, 6) is 0.136. The molecule has 3 aromatic rings. The molecule has 0 saturated carbocycles. The monoisotopic (exact) mass is 393 g/mol. The summed E-state index contributed by atoms with van der Waals surface area (Å²) in [6.07, 6.45) is 0.447. The first-order valence-electron chi connectivity index (χ1n) is 9.53. The van der Waals surface area contributed by atoms with Gasteiger partial charge in [0.15, 0.2) is 0 Å². The first-order valence-corrected chi connectivity index (χ1v) is 10.4. The Kier molecular flexibility index (Phi) is 5.69. The van der Waals surface area contributed by atoms with Crippen LogP contribution in [0.5, 0.6) is 0 Å². The quantitative estimate of drug-likeness (QED) is 0.719. The number of amides is 2. The number of anilines is 1. The molecular weight excluding hydrogens is 370 g/mol. The number of benzene rings is 2. The van der Waals surface area contributed by atoms with Gasteiger partial charge in [-0.05, 0) is 22.9 Å². The van der Waals surface area contributed by atoms with Gasteiger partial charge in [0.1, 0.15) is 0 Å². The zero-order valence-corrected chi connectivity index (χ0v) is 16.5. The van der Waals surface area contributed by atoms with E-state index in [0.717, 1.165) is 34.4 Å². The van der Waals surface area contributed by atoms with Gasteiger partial charge in [-0.25, -0.2) is 0 Å². The lowest BCUT2D eigenvalue weighted by Crippen LogP contribution is -2.49. The second kappa shape index (κ2) is 8.54. The van der Waals surface area contributed by atoms with E-state index in [0.29, 0.717) is 26.1 Å². The van der Waals surface area contributed by atoms with E-state index in [1.165, 1.54) is 11.3 Å². The summed E-state index contributed by atoms with van der Waals surface area (Å²) in [6.45, 7) is 3.73. The van der Waals surface area contributed by atoms with E-state index < -0.39 is 0 Å². The lowest BCUT2D eigenvalue weighted by molar-refractivity contribution is -0.116. The summed E-state index contributed by atoms with van der Waals surface area (Å²) in [7, 11) is 0. The van der Waals surface area contributed by atoms with Crippen LogP contribution in [0.2, 0.25) is 0 Å². The van der Waals surface area contributed by atoms with Crippen LogP contribution in [-0.4, -0.2) is 54.3 Å². The highest BCUT2D eigenvalue weighted by Crippen LogP contribution is 2.23. The molecule has 144 valence electrons. The fourth-order valence-corrected chi connectivity index (χ4v) is 4.23. The molecule has 1 aliphatic rings. The molecule has 1 aromatic heterocycles. The fourth-order valence-electron chi connectivity index (χ4n) is 3.54. The van der Waals surface area contributed by atoms with Gasteiger partial charge in [0, 0.05) is 50.2 Å². The molecule has 6 heteroatoms. The molecule has 0 spiro atoms. The van der Waals surface area contributed by atoms with Crippen LogP contribution in [0, 0.1) is 0 Å². The summed E-state index contributed by atoms with van der Waals surface area (Å²) >= 11 is 1.48. The zero-order valence-electron chi connectivity index (χ0n) is 15.6. The van der Waals surface area contributed by atoms with E-state index in [1.807, 2.05) is 64.9 Å². The van der Waals surface area contributed by atoms with E-state index in [4.69, 9.17) is 0 Å². The smallest absolute Gasteiger partial charge is 0.264 e. The summed E-state index contributed by atoms with van der Waals surface area (Å²) in [4.78, 5) is 29.8. The van der Waals surface area contributed by atoms with E-state index in [2.05, 4.69) is 10.2 Å². The molecule has 28 heavy (non-hydrogen) atoms. The number of carbonyl (C=O) groups is 2. The predicted octanol–water partition coefficient (Wildman–Crippen LogP) is 3.69. The van der Waals surface area contributed by atoms with Gasteiger partial charge < -0.3 is 10.2 Å². The largest absolute Gasteiger partial charge is 0.335 e. The predicted molar refractivity (Wildman–Crippen MR) is 114 cm³/mol. The van der Waals surface area contributed by atoms with E-state index in [1.54, 1.807) is 0 Å². The number of thiophene rings is 1. The third-order valence-electron chi connectivity index (χ3n) is 5.11. The van der Waals surface area contributed by atoms with Crippen molar-refractivity contribution in [2.45, 2.75) is 6.42 Å². The number of carbonyl (C=O) groups excluding carboxylic acids is 2. The van der Waals surface area contributed by atoms with Crippen LogP contribution in [-0.2, 0) is 4.79 Å². The number of piperazine rings is 1. The highest BCUT2D eigenvalue weighted by atomic mass is 32.1. The third-order valence-corrected chi connectivity index (χ3v) is 5.97. The molecule has 0 radical (unpaired) electrons. The molecule has 1 fully saturated rings. The Balaban J connectivity index is 1.26. The minimum atomic E-state index is 0.0217. The highest BCUT2D eigenvalue weighted by molar-refractivity contribution is 7.12. The summed E-state index contributed by atoms with van der Waals surface area (Å²) in [6, 6.07) is 17.8. The van der Waals surface area contributed by atoms with Crippen molar-refractivity contribution in [3.8, 4) is 0 Å². The molecular formula is C22H23N3O2S. The maximum atomic E-state index is 12.4. The molecule has 4 rings (SSSR count). The van der Waals surface area contributed by atoms with Crippen LogP contribution in [0.25, 0.3) is 10.8 Å². The maximum Gasteiger partial charge on any atom is 0.264 e. The summed E-state index contributed by atoms with van der Waals surface area (Å²) in [5.41, 5.74) is 0.856. The molecule has 5 nitrogen and oxygen atoms in total. The van der Waals surface area contributed by atoms with Crippen molar-refractivity contribution in [1.29, 1.82) is 0 Å². The van der Waals surface area contributed by atoms with Gasteiger partial charge in [0.05, 0.1) is 4.88 Å². The van der Waals surface area contributed by atoms with Gasteiger partial charge in [-0.15, -0.1) is 11.3 Å².